The lowest BCUT2D eigenvalue weighted by Gasteiger charge is -2.16. The van der Waals surface area contributed by atoms with Gasteiger partial charge in [0.2, 0.25) is 0 Å². The van der Waals surface area contributed by atoms with Crippen LogP contribution in [0, 0.1) is 0 Å². The highest BCUT2D eigenvalue weighted by molar-refractivity contribution is 7.79. The molecular weight excluding hydrogens is 350 g/mol. The Kier molecular flexibility index (Phi) is 5.29. The first-order valence-corrected chi connectivity index (χ1v) is 7.78. The van der Waals surface area contributed by atoms with Crippen molar-refractivity contribution in [3.63, 3.8) is 0 Å². The van der Waals surface area contributed by atoms with Crippen LogP contribution in [0.2, 0.25) is 0 Å². The van der Waals surface area contributed by atoms with Gasteiger partial charge in [-0.25, -0.2) is 15.0 Å². The first-order chi connectivity index (χ1) is 11.1. The van der Waals surface area contributed by atoms with Crippen molar-refractivity contribution in [2.45, 2.75) is 24.5 Å². The molecule has 0 aliphatic carbocycles. The summed E-state index contributed by atoms with van der Waals surface area (Å²) in [5, 5.41) is 28.7. The molecule has 0 bridgehead atoms. The van der Waals surface area contributed by atoms with E-state index < -0.39 is 41.5 Å². The van der Waals surface area contributed by atoms with Crippen LogP contribution in [0.25, 0.3) is 11.2 Å². The molecule has 0 spiro atoms. The van der Waals surface area contributed by atoms with Crippen LogP contribution in [-0.2, 0) is 15.1 Å². The van der Waals surface area contributed by atoms with Gasteiger partial charge in [-0.15, -0.1) is 0 Å². The zero-order valence-corrected chi connectivity index (χ0v) is 12.7. The smallest absolute Gasteiger partial charge is 0.394 e. The topological polar surface area (TPSA) is 214 Å². The summed E-state index contributed by atoms with van der Waals surface area (Å²) >= 11 is 0. The third-order valence-electron chi connectivity index (χ3n) is 3.18. The molecule has 2 aromatic rings. The largest absolute Gasteiger partial charge is 0.394 e. The van der Waals surface area contributed by atoms with Gasteiger partial charge in [-0.3, -0.25) is 13.7 Å². The summed E-state index contributed by atoms with van der Waals surface area (Å²) in [6.45, 7) is -0.390. The maximum atomic E-state index is 9.95. The van der Waals surface area contributed by atoms with Crippen molar-refractivity contribution in [2.24, 2.45) is 0 Å². The van der Waals surface area contributed by atoms with Crippen molar-refractivity contribution < 1.29 is 37.6 Å². The summed E-state index contributed by atoms with van der Waals surface area (Å²) in [6, 6.07) is 0. The number of aromatic nitrogens is 4. The molecule has 1 fully saturated rings. The highest BCUT2D eigenvalue weighted by Crippen LogP contribution is 2.31. The van der Waals surface area contributed by atoms with Crippen LogP contribution < -0.4 is 5.73 Å². The third-order valence-corrected chi connectivity index (χ3v) is 3.18. The summed E-state index contributed by atoms with van der Waals surface area (Å²) in [4.78, 5) is 11.9. The molecule has 1 aliphatic rings. The molecule has 1 saturated heterocycles. The van der Waals surface area contributed by atoms with E-state index in [0.29, 0.717) is 11.2 Å². The third kappa shape index (κ3) is 3.93. The van der Waals surface area contributed by atoms with E-state index in [-0.39, 0.29) is 5.82 Å². The van der Waals surface area contributed by atoms with Gasteiger partial charge in [0.05, 0.1) is 12.9 Å². The van der Waals surface area contributed by atoms with Crippen molar-refractivity contribution in [1.29, 1.82) is 0 Å². The van der Waals surface area contributed by atoms with E-state index in [9.17, 15) is 10.2 Å². The molecule has 0 amide bonds. The van der Waals surface area contributed by atoms with Crippen LogP contribution in [0.5, 0.6) is 0 Å². The molecule has 14 heteroatoms. The number of nitrogens with zero attached hydrogens (tertiary/aromatic N) is 4. The minimum absolute atomic E-state index is 0.218. The molecule has 0 unspecified atom stereocenters. The molecular formula is C10H15N5O8S. The Balaban J connectivity index is 0.000000368. The first kappa shape index (κ1) is 18.4. The number of imidazole rings is 1. The molecule has 3 rings (SSSR count). The van der Waals surface area contributed by atoms with Crippen molar-refractivity contribution >= 4 is 27.4 Å². The van der Waals surface area contributed by atoms with Crippen LogP contribution in [0.15, 0.2) is 12.7 Å². The maximum absolute atomic E-state index is 9.95. The van der Waals surface area contributed by atoms with Gasteiger partial charge >= 0.3 is 10.4 Å². The monoisotopic (exact) mass is 365 g/mol. The molecule has 3 heterocycles. The molecule has 134 valence electrons. The maximum Gasteiger partial charge on any atom is 0.394 e. The second-order valence-electron chi connectivity index (χ2n) is 4.76. The van der Waals surface area contributed by atoms with Gasteiger partial charge in [0.15, 0.2) is 17.7 Å². The molecule has 0 aromatic carbocycles. The number of anilines is 1. The van der Waals surface area contributed by atoms with E-state index >= 15 is 0 Å². The Morgan fingerprint density at radius 2 is 1.83 bits per heavy atom. The Morgan fingerprint density at radius 3 is 2.38 bits per heavy atom. The van der Waals surface area contributed by atoms with Crippen LogP contribution in [-0.4, -0.2) is 77.3 Å². The summed E-state index contributed by atoms with van der Waals surface area (Å²) in [5.74, 6) is 0.218. The molecule has 0 saturated carbocycles. The van der Waals surface area contributed by atoms with Crippen molar-refractivity contribution in [2.75, 3.05) is 12.3 Å². The molecule has 7 N–H and O–H groups in total. The van der Waals surface area contributed by atoms with Gasteiger partial charge in [-0.05, 0) is 0 Å². The number of hydrogen-bond donors (Lipinski definition) is 6. The van der Waals surface area contributed by atoms with Crippen molar-refractivity contribution in [3.8, 4) is 0 Å². The van der Waals surface area contributed by atoms with Crippen LogP contribution >= 0.6 is 0 Å². The fraction of sp³-hybridized carbons (Fsp3) is 0.500. The number of aliphatic hydroxyl groups excluding tert-OH is 3. The summed E-state index contributed by atoms with van der Waals surface area (Å²) < 4.78 is 38.4. The zero-order chi connectivity index (χ0) is 18.1. The Labute approximate surface area is 134 Å². The highest BCUT2D eigenvalue weighted by Gasteiger charge is 2.43. The molecule has 4 atom stereocenters. The van der Waals surface area contributed by atoms with Crippen LogP contribution in [0.3, 0.4) is 0 Å². The van der Waals surface area contributed by atoms with Crippen molar-refractivity contribution in [1.82, 2.24) is 19.5 Å². The fourth-order valence-electron chi connectivity index (χ4n) is 2.17. The van der Waals surface area contributed by atoms with E-state index in [1.165, 1.54) is 17.2 Å². The average molecular weight is 365 g/mol. The fourth-order valence-corrected chi connectivity index (χ4v) is 2.17. The number of ether oxygens (including phenoxy) is 1. The SMILES string of the molecule is Nc1ncnc2c1ncn2[C@@H]1O[C@H](CO)[C@@H](O)[C@H]1O.O=S(=O)(O)O. The molecule has 13 nitrogen and oxygen atoms in total. The van der Waals surface area contributed by atoms with Crippen molar-refractivity contribution in [3.05, 3.63) is 12.7 Å². The normalized spacial score (nSPS) is 27.0. The van der Waals surface area contributed by atoms with E-state index in [0.717, 1.165) is 0 Å². The van der Waals surface area contributed by atoms with Gasteiger partial charge in [0, 0.05) is 0 Å². The molecule has 24 heavy (non-hydrogen) atoms. The minimum Gasteiger partial charge on any atom is -0.394 e. The van der Waals surface area contributed by atoms with E-state index in [4.69, 9.17) is 33.1 Å². The van der Waals surface area contributed by atoms with Gasteiger partial charge < -0.3 is 25.8 Å². The predicted octanol–water partition coefficient (Wildman–Crippen LogP) is -2.63. The lowest BCUT2D eigenvalue weighted by atomic mass is 10.1. The summed E-state index contributed by atoms with van der Waals surface area (Å²) in [7, 11) is -4.67. The number of fused-ring (bicyclic) bond motifs is 1. The Hall–Kier alpha value is -1.94. The number of aliphatic hydroxyl groups is 3. The van der Waals surface area contributed by atoms with Gasteiger partial charge in [0.25, 0.3) is 0 Å². The van der Waals surface area contributed by atoms with E-state index in [1.54, 1.807) is 0 Å². The molecule has 1 aliphatic heterocycles. The summed E-state index contributed by atoms with van der Waals surface area (Å²) in [6.07, 6.45) is -1.42. The summed E-state index contributed by atoms with van der Waals surface area (Å²) in [5.41, 5.74) is 6.44. The lowest BCUT2D eigenvalue weighted by molar-refractivity contribution is -0.0511. The van der Waals surface area contributed by atoms with E-state index in [2.05, 4.69) is 15.0 Å². The molecule has 0 radical (unpaired) electrons. The lowest BCUT2D eigenvalue weighted by Crippen LogP contribution is -2.33. The first-order valence-electron chi connectivity index (χ1n) is 6.38. The van der Waals surface area contributed by atoms with Crippen LogP contribution in [0.1, 0.15) is 6.23 Å². The standard InChI is InChI=1S/C10H13N5O4.H2O4S/c11-8-5-9(13-2-12-8)15(3-14-5)10-7(18)6(17)4(1-16)19-10;1-5(2,3)4/h2-4,6-7,10,16-18H,1H2,(H2,11,12,13);(H2,1,2,3,4)/t4-,6-,7-,10-;/m1./s1. The quantitative estimate of drug-likeness (QED) is 0.301. The van der Waals surface area contributed by atoms with E-state index in [1.807, 2.05) is 0 Å². The Morgan fingerprint density at radius 1 is 1.21 bits per heavy atom. The highest BCUT2D eigenvalue weighted by atomic mass is 32.3. The second kappa shape index (κ2) is 6.89. The zero-order valence-electron chi connectivity index (χ0n) is 11.9. The Bertz CT molecular complexity index is 803. The van der Waals surface area contributed by atoms with Crippen LogP contribution in [0.4, 0.5) is 5.82 Å². The predicted molar refractivity (Wildman–Crippen MR) is 76.9 cm³/mol. The second-order valence-corrected chi connectivity index (χ2v) is 5.66. The number of rotatable bonds is 2. The minimum atomic E-state index is -4.67. The number of nitrogen functional groups attached to an aromatic ring is 1. The van der Waals surface area contributed by atoms with Gasteiger partial charge in [-0.1, -0.05) is 0 Å². The van der Waals surface area contributed by atoms with Gasteiger partial charge in [0.1, 0.15) is 30.2 Å². The average Bonchev–Trinajstić information content (AvgIpc) is 3.01. The number of hydrogen-bond acceptors (Lipinski definition) is 10. The molecule has 2 aromatic heterocycles. The number of nitrogens with two attached hydrogens (primary N) is 1. The van der Waals surface area contributed by atoms with Gasteiger partial charge in [-0.2, -0.15) is 8.42 Å².